The average Bonchev–Trinajstić information content (AvgIpc) is 2.77. The first-order valence-corrected chi connectivity index (χ1v) is 10.6. The van der Waals surface area contributed by atoms with Gasteiger partial charge in [0.15, 0.2) is 5.65 Å². The first-order chi connectivity index (χ1) is 16.7. The van der Waals surface area contributed by atoms with Gasteiger partial charge in [-0.3, -0.25) is 0 Å². The van der Waals surface area contributed by atoms with Crippen LogP contribution in [0.1, 0.15) is 38.1 Å². The highest BCUT2D eigenvalue weighted by Crippen LogP contribution is 2.42. The van der Waals surface area contributed by atoms with Crippen molar-refractivity contribution in [3.05, 3.63) is 59.9 Å². The first kappa shape index (κ1) is 25.3. The molecule has 2 unspecified atom stereocenters. The fourth-order valence-corrected chi connectivity index (χ4v) is 3.41. The molecule has 2 atom stereocenters. The lowest BCUT2D eigenvalue weighted by Crippen LogP contribution is -2.37. The summed E-state index contributed by atoms with van der Waals surface area (Å²) in [6, 6.07) is 2.03. The molecule has 4 rings (SSSR count). The van der Waals surface area contributed by atoms with Gasteiger partial charge in [-0.15, -0.1) is 5.11 Å². The summed E-state index contributed by atoms with van der Waals surface area (Å²) in [5.41, 5.74) is -1.01. The van der Waals surface area contributed by atoms with Gasteiger partial charge in [0, 0.05) is 17.9 Å². The van der Waals surface area contributed by atoms with Gasteiger partial charge >= 0.3 is 12.4 Å². The van der Waals surface area contributed by atoms with E-state index >= 15 is 0 Å². The van der Waals surface area contributed by atoms with E-state index in [-0.39, 0.29) is 28.5 Å². The van der Waals surface area contributed by atoms with Crippen molar-refractivity contribution in [2.45, 2.75) is 44.7 Å². The Bertz CT molecular complexity index is 1310. The molecule has 0 aliphatic carbocycles. The van der Waals surface area contributed by atoms with Crippen molar-refractivity contribution < 1.29 is 26.3 Å². The number of hydrogen-bond acceptors (Lipinski definition) is 8. The third-order valence-electron chi connectivity index (χ3n) is 4.97. The lowest BCUT2D eigenvalue weighted by Gasteiger charge is -2.29. The number of hydrogen-bond donors (Lipinski definition) is 2. The fourth-order valence-electron chi connectivity index (χ4n) is 3.41. The maximum atomic E-state index is 13.9. The number of halogens is 6. The summed E-state index contributed by atoms with van der Waals surface area (Å²) in [6.45, 7) is 5.35. The molecule has 190 valence electrons. The number of fused-ring (bicyclic) bond motifs is 1. The van der Waals surface area contributed by atoms with E-state index in [0.29, 0.717) is 11.9 Å². The number of nitrogens with one attached hydrogen (secondary N) is 2. The van der Waals surface area contributed by atoms with Crippen LogP contribution in [0.5, 0.6) is 0 Å². The van der Waals surface area contributed by atoms with Gasteiger partial charge < -0.3 is 10.6 Å². The van der Waals surface area contributed by atoms with Gasteiger partial charge in [-0.1, -0.05) is 0 Å². The van der Waals surface area contributed by atoms with E-state index in [2.05, 4.69) is 40.8 Å². The Kier molecular flexibility index (Phi) is 6.31. The van der Waals surface area contributed by atoms with Crippen molar-refractivity contribution in [2.75, 3.05) is 5.32 Å². The normalized spacial score (nSPS) is 18.8. The molecule has 4 heterocycles. The molecule has 14 heteroatoms. The zero-order valence-electron chi connectivity index (χ0n) is 19.1. The van der Waals surface area contributed by atoms with Gasteiger partial charge in [-0.05, 0) is 45.0 Å². The highest BCUT2D eigenvalue weighted by Gasteiger charge is 2.47. The molecule has 0 bridgehead atoms. The van der Waals surface area contributed by atoms with Crippen molar-refractivity contribution >= 4 is 22.7 Å². The van der Waals surface area contributed by atoms with Crippen molar-refractivity contribution in [1.82, 2.24) is 25.3 Å². The summed E-state index contributed by atoms with van der Waals surface area (Å²) in [7, 11) is 0. The van der Waals surface area contributed by atoms with Crippen LogP contribution in [0.4, 0.5) is 37.8 Å². The fraction of sp³-hybridized carbons (Fsp3) is 0.364. The number of alkyl halides is 6. The Morgan fingerprint density at radius 1 is 0.889 bits per heavy atom. The van der Waals surface area contributed by atoms with E-state index < -0.39 is 35.4 Å². The molecular formula is C22H20F6N8. The third kappa shape index (κ3) is 5.69. The lowest BCUT2D eigenvalue weighted by molar-refractivity contribution is -0.168. The molecule has 0 saturated carbocycles. The number of aromatic nitrogens is 4. The molecule has 0 spiro atoms. The molecule has 0 fully saturated rings. The zero-order chi connectivity index (χ0) is 26.3. The maximum absolute atomic E-state index is 13.9. The Morgan fingerprint density at radius 2 is 1.64 bits per heavy atom. The van der Waals surface area contributed by atoms with Crippen LogP contribution in [-0.4, -0.2) is 31.7 Å². The van der Waals surface area contributed by atoms with Crippen LogP contribution in [0, 0.1) is 5.92 Å². The largest absolute Gasteiger partial charge is 0.417 e. The van der Waals surface area contributed by atoms with Crippen LogP contribution >= 0.6 is 0 Å². The summed E-state index contributed by atoms with van der Waals surface area (Å²) < 4.78 is 79.9. The molecule has 1 aliphatic heterocycles. The van der Waals surface area contributed by atoms with Crippen LogP contribution in [0.2, 0.25) is 0 Å². The SMILES string of the molecule is CC(C)(C)NC1=CC(C(F)(F)F)C(c2cnc3c(Nc4ccc(C(F)(F)F)cn4)ccnc3n2)N=N1. The van der Waals surface area contributed by atoms with Gasteiger partial charge in [0.25, 0.3) is 0 Å². The van der Waals surface area contributed by atoms with E-state index in [4.69, 9.17) is 0 Å². The molecule has 3 aromatic rings. The molecular weight excluding hydrogens is 490 g/mol. The highest BCUT2D eigenvalue weighted by molar-refractivity contribution is 5.86. The van der Waals surface area contributed by atoms with Crippen LogP contribution in [0.25, 0.3) is 11.2 Å². The Labute approximate surface area is 201 Å². The Hall–Kier alpha value is -3.84. The average molecular weight is 510 g/mol. The predicted octanol–water partition coefficient (Wildman–Crippen LogP) is 6.10. The third-order valence-corrected chi connectivity index (χ3v) is 4.97. The summed E-state index contributed by atoms with van der Waals surface area (Å²) in [5.74, 6) is -1.89. The van der Waals surface area contributed by atoms with Gasteiger partial charge in [0.2, 0.25) is 0 Å². The van der Waals surface area contributed by atoms with Gasteiger partial charge in [-0.2, -0.15) is 31.5 Å². The van der Waals surface area contributed by atoms with Crippen molar-refractivity contribution in [2.24, 2.45) is 16.1 Å². The number of azo groups is 1. The Balaban J connectivity index is 1.63. The molecule has 2 N–H and O–H groups in total. The quantitative estimate of drug-likeness (QED) is 0.412. The van der Waals surface area contributed by atoms with Crippen LogP contribution in [-0.2, 0) is 6.18 Å². The molecule has 0 saturated heterocycles. The van der Waals surface area contributed by atoms with E-state index in [1.807, 2.05) is 0 Å². The van der Waals surface area contributed by atoms with Crippen LogP contribution in [0.15, 0.2) is 58.9 Å². The number of anilines is 2. The molecule has 8 nitrogen and oxygen atoms in total. The lowest BCUT2D eigenvalue weighted by atomic mass is 9.95. The molecule has 3 aromatic heterocycles. The minimum Gasteiger partial charge on any atom is -0.364 e. The monoisotopic (exact) mass is 510 g/mol. The summed E-state index contributed by atoms with van der Waals surface area (Å²) in [6.07, 6.45) is -5.03. The Morgan fingerprint density at radius 3 is 2.25 bits per heavy atom. The minimum atomic E-state index is -4.63. The van der Waals surface area contributed by atoms with E-state index in [1.165, 1.54) is 12.3 Å². The first-order valence-electron chi connectivity index (χ1n) is 10.6. The number of nitrogens with zero attached hydrogens (tertiary/aromatic N) is 6. The zero-order valence-corrected chi connectivity index (χ0v) is 19.1. The van der Waals surface area contributed by atoms with E-state index in [1.54, 1.807) is 20.8 Å². The summed E-state index contributed by atoms with van der Waals surface area (Å²) in [4.78, 5) is 16.2. The second kappa shape index (κ2) is 8.99. The second-order valence-electron chi connectivity index (χ2n) is 9.04. The molecule has 0 radical (unpaired) electrons. The van der Waals surface area contributed by atoms with Crippen molar-refractivity contribution in [3.8, 4) is 0 Å². The highest BCUT2D eigenvalue weighted by atomic mass is 19.4. The molecule has 1 aliphatic rings. The standard InChI is InChI=1S/C22H20F6N8/c1-20(2,3)34-16-8-12(22(26,27)28)17(36-35-16)14-10-31-18-13(6-7-29-19(18)33-14)32-15-5-4-11(9-30-15)21(23,24)25/h4-10,12,17,34H,1-3H3,(H,29,30,32,33). The van der Waals surface area contributed by atoms with Gasteiger partial charge in [0.05, 0.1) is 23.1 Å². The molecule has 0 amide bonds. The van der Waals surface area contributed by atoms with Crippen molar-refractivity contribution in [1.29, 1.82) is 0 Å². The number of pyridine rings is 2. The van der Waals surface area contributed by atoms with E-state index in [0.717, 1.165) is 24.4 Å². The second-order valence-corrected chi connectivity index (χ2v) is 9.04. The molecule has 0 aromatic carbocycles. The summed E-state index contributed by atoms with van der Waals surface area (Å²) >= 11 is 0. The van der Waals surface area contributed by atoms with Crippen molar-refractivity contribution in [3.63, 3.8) is 0 Å². The topological polar surface area (TPSA) is 100 Å². The van der Waals surface area contributed by atoms with Gasteiger partial charge in [-0.25, -0.2) is 19.9 Å². The molecule has 36 heavy (non-hydrogen) atoms. The van der Waals surface area contributed by atoms with Crippen LogP contribution in [0.3, 0.4) is 0 Å². The summed E-state index contributed by atoms with van der Waals surface area (Å²) in [5, 5.41) is 13.5. The number of rotatable bonds is 4. The van der Waals surface area contributed by atoms with E-state index in [9.17, 15) is 26.3 Å². The van der Waals surface area contributed by atoms with Crippen LogP contribution < -0.4 is 10.6 Å². The minimum absolute atomic E-state index is 0.00322. The van der Waals surface area contributed by atoms with Gasteiger partial charge in [0.1, 0.15) is 29.1 Å². The maximum Gasteiger partial charge on any atom is 0.417 e. The predicted molar refractivity (Wildman–Crippen MR) is 118 cm³/mol. The smallest absolute Gasteiger partial charge is 0.364 e.